The summed E-state index contributed by atoms with van der Waals surface area (Å²) in [5.74, 6) is -0.678. The first-order valence-electron chi connectivity index (χ1n) is 8.61. The van der Waals surface area contributed by atoms with Crippen molar-refractivity contribution in [2.45, 2.75) is 13.0 Å². The lowest BCUT2D eigenvalue weighted by molar-refractivity contribution is -0.274. The fraction of sp³-hybridized carbons (Fsp3) is 0.200. The highest BCUT2D eigenvalue weighted by atomic mass is 32.1. The molecule has 2 N–H and O–H groups in total. The predicted molar refractivity (Wildman–Crippen MR) is 110 cm³/mol. The molecule has 0 saturated heterocycles. The van der Waals surface area contributed by atoms with Gasteiger partial charge in [-0.1, -0.05) is 18.3 Å². The fourth-order valence-corrected chi connectivity index (χ4v) is 3.23. The maximum atomic E-state index is 12.6. The number of aromatic nitrogens is 1. The van der Waals surface area contributed by atoms with Crippen molar-refractivity contribution in [1.29, 1.82) is 0 Å². The number of hydrogen-bond acceptors (Lipinski definition) is 5. The van der Waals surface area contributed by atoms with E-state index in [1.807, 2.05) is 0 Å². The number of halogens is 3. The molecule has 1 aromatic heterocycles. The first-order valence-corrected chi connectivity index (χ1v) is 9.02. The second kappa shape index (κ2) is 8.33. The number of benzene rings is 2. The second-order valence-electron chi connectivity index (χ2n) is 6.40. The van der Waals surface area contributed by atoms with Crippen LogP contribution >= 0.6 is 12.2 Å². The second-order valence-corrected chi connectivity index (χ2v) is 6.78. The summed E-state index contributed by atoms with van der Waals surface area (Å²) in [6.45, 7) is 0.320. The lowest BCUT2D eigenvalue weighted by Gasteiger charge is -2.21. The SMILES string of the molecule is COCc1ccc2[nH]c(=O)c(C(=S)N(C)c3ccc(OC(F)(F)F)cc3)c(O)c2c1. The minimum atomic E-state index is -4.80. The third kappa shape index (κ3) is 4.55. The van der Waals surface area contributed by atoms with E-state index in [0.29, 0.717) is 23.2 Å². The van der Waals surface area contributed by atoms with Crippen molar-refractivity contribution in [2.24, 2.45) is 0 Å². The van der Waals surface area contributed by atoms with Gasteiger partial charge in [-0.2, -0.15) is 0 Å². The summed E-state index contributed by atoms with van der Waals surface area (Å²) in [6.07, 6.45) is -4.80. The molecule has 0 atom stereocenters. The van der Waals surface area contributed by atoms with Gasteiger partial charge >= 0.3 is 6.36 Å². The third-order valence-electron chi connectivity index (χ3n) is 4.34. The molecule has 0 spiro atoms. The van der Waals surface area contributed by atoms with Crippen LogP contribution in [-0.4, -0.2) is 35.6 Å². The van der Waals surface area contributed by atoms with Crippen molar-refractivity contribution in [2.75, 3.05) is 19.1 Å². The molecule has 3 aromatic rings. The zero-order valence-electron chi connectivity index (χ0n) is 15.9. The van der Waals surface area contributed by atoms with E-state index < -0.39 is 11.9 Å². The summed E-state index contributed by atoms with van der Waals surface area (Å²) in [6, 6.07) is 10.1. The standard InChI is InChI=1S/C20H17F3N2O4S/c1-25(12-4-6-13(7-5-12)29-20(21,22)23)19(30)16-17(26)14-9-11(10-28-2)3-8-15(14)24-18(16)27/h3-9H,10H2,1-2H3,(H2,24,26,27). The molecule has 30 heavy (non-hydrogen) atoms. The number of aromatic amines is 1. The Hall–Kier alpha value is -3.11. The minimum Gasteiger partial charge on any atom is -0.506 e. The molecule has 0 bridgehead atoms. The zero-order chi connectivity index (χ0) is 22.1. The van der Waals surface area contributed by atoms with E-state index in [9.17, 15) is 23.1 Å². The van der Waals surface area contributed by atoms with Crippen LogP contribution in [0.1, 0.15) is 11.1 Å². The van der Waals surface area contributed by atoms with Gasteiger partial charge in [-0.25, -0.2) is 0 Å². The average molecular weight is 438 g/mol. The van der Waals surface area contributed by atoms with Crippen molar-refractivity contribution in [1.82, 2.24) is 4.98 Å². The lowest BCUT2D eigenvalue weighted by Crippen LogP contribution is -2.31. The molecule has 158 valence electrons. The van der Waals surface area contributed by atoms with Gasteiger partial charge in [0.1, 0.15) is 22.1 Å². The molecule has 0 aliphatic carbocycles. The molecule has 0 radical (unpaired) electrons. The molecule has 3 rings (SSSR count). The van der Waals surface area contributed by atoms with E-state index in [4.69, 9.17) is 17.0 Å². The number of fused-ring (bicyclic) bond motifs is 1. The van der Waals surface area contributed by atoms with E-state index in [2.05, 4.69) is 9.72 Å². The quantitative estimate of drug-likeness (QED) is 0.585. The fourth-order valence-electron chi connectivity index (χ4n) is 2.93. The van der Waals surface area contributed by atoms with Gasteiger partial charge in [0.15, 0.2) is 0 Å². The maximum Gasteiger partial charge on any atom is 0.573 e. The van der Waals surface area contributed by atoms with Crippen LogP contribution in [0.5, 0.6) is 11.5 Å². The molecule has 0 fully saturated rings. The van der Waals surface area contributed by atoms with Crippen LogP contribution in [0, 0.1) is 0 Å². The summed E-state index contributed by atoms with van der Waals surface area (Å²) in [5, 5.41) is 11.1. The maximum absolute atomic E-state index is 12.6. The number of nitrogens with zero attached hydrogens (tertiary/aromatic N) is 1. The molecule has 0 aliphatic heterocycles. The highest BCUT2D eigenvalue weighted by molar-refractivity contribution is 7.81. The molecule has 0 aliphatic rings. The molecule has 2 aromatic carbocycles. The van der Waals surface area contributed by atoms with Crippen molar-refractivity contribution < 1.29 is 27.8 Å². The molecule has 10 heteroatoms. The summed E-state index contributed by atoms with van der Waals surface area (Å²) in [7, 11) is 3.07. The van der Waals surface area contributed by atoms with Crippen LogP contribution in [0.2, 0.25) is 0 Å². The highest BCUT2D eigenvalue weighted by Crippen LogP contribution is 2.29. The Balaban J connectivity index is 1.96. The number of anilines is 1. The summed E-state index contributed by atoms with van der Waals surface area (Å²) in [5.41, 5.74) is 0.915. The molecule has 6 nitrogen and oxygen atoms in total. The molecular formula is C20H17F3N2O4S. The highest BCUT2D eigenvalue weighted by Gasteiger charge is 2.31. The number of ether oxygens (including phenoxy) is 2. The number of aromatic hydroxyl groups is 1. The number of pyridine rings is 1. The number of methoxy groups -OCH3 is 1. The number of nitrogens with one attached hydrogen (secondary N) is 1. The molecular weight excluding hydrogens is 421 g/mol. The summed E-state index contributed by atoms with van der Waals surface area (Å²) in [4.78, 5) is 16.6. The monoisotopic (exact) mass is 438 g/mol. The number of H-pyrrole nitrogens is 1. The Bertz CT molecular complexity index is 1140. The Morgan fingerprint density at radius 3 is 2.47 bits per heavy atom. The van der Waals surface area contributed by atoms with Gasteiger partial charge in [-0.3, -0.25) is 4.79 Å². The zero-order valence-corrected chi connectivity index (χ0v) is 16.7. The third-order valence-corrected chi connectivity index (χ3v) is 4.82. The Morgan fingerprint density at radius 1 is 1.20 bits per heavy atom. The Labute approximate surface area is 174 Å². The van der Waals surface area contributed by atoms with Crippen LogP contribution in [0.25, 0.3) is 10.9 Å². The van der Waals surface area contributed by atoms with Crippen molar-refractivity contribution in [3.8, 4) is 11.5 Å². The van der Waals surface area contributed by atoms with Crippen molar-refractivity contribution in [3.63, 3.8) is 0 Å². The molecule has 0 unspecified atom stereocenters. The number of hydrogen-bond donors (Lipinski definition) is 2. The van der Waals surface area contributed by atoms with E-state index in [0.717, 1.165) is 17.7 Å². The molecule has 1 heterocycles. The van der Waals surface area contributed by atoms with Gasteiger partial charge < -0.3 is 24.5 Å². The average Bonchev–Trinajstić information content (AvgIpc) is 2.67. The first-order chi connectivity index (χ1) is 14.1. The van der Waals surface area contributed by atoms with Crippen LogP contribution < -0.4 is 15.2 Å². The number of rotatable bonds is 5. The van der Waals surface area contributed by atoms with E-state index in [1.165, 1.54) is 31.2 Å². The number of thiocarbonyl (C=S) groups is 1. The molecule has 0 amide bonds. The largest absolute Gasteiger partial charge is 0.573 e. The van der Waals surface area contributed by atoms with Crippen molar-refractivity contribution >= 4 is 33.8 Å². The minimum absolute atomic E-state index is 0.00251. The van der Waals surface area contributed by atoms with Crippen LogP contribution in [-0.2, 0) is 11.3 Å². The summed E-state index contributed by atoms with van der Waals surface area (Å²) < 4.78 is 45.9. The van der Waals surface area contributed by atoms with Crippen LogP contribution in [0.4, 0.5) is 18.9 Å². The topological polar surface area (TPSA) is 74.8 Å². The van der Waals surface area contributed by atoms with E-state index in [1.54, 1.807) is 18.2 Å². The van der Waals surface area contributed by atoms with Crippen LogP contribution in [0.3, 0.4) is 0 Å². The van der Waals surface area contributed by atoms with Crippen molar-refractivity contribution in [3.05, 3.63) is 63.9 Å². The summed E-state index contributed by atoms with van der Waals surface area (Å²) >= 11 is 5.38. The molecule has 0 saturated carbocycles. The van der Waals surface area contributed by atoms with E-state index >= 15 is 0 Å². The Kier molecular flexibility index (Phi) is 5.99. The predicted octanol–water partition coefficient (Wildman–Crippen LogP) is 4.09. The van der Waals surface area contributed by atoms with Gasteiger partial charge in [-0.15, -0.1) is 13.2 Å². The smallest absolute Gasteiger partial charge is 0.506 e. The normalized spacial score (nSPS) is 11.5. The number of alkyl halides is 3. The Morgan fingerprint density at radius 2 is 1.87 bits per heavy atom. The van der Waals surface area contributed by atoms with E-state index in [-0.39, 0.29) is 22.1 Å². The van der Waals surface area contributed by atoms with Gasteiger partial charge in [0.2, 0.25) is 0 Å². The van der Waals surface area contributed by atoms with Gasteiger partial charge in [0.25, 0.3) is 5.56 Å². The van der Waals surface area contributed by atoms with Crippen LogP contribution in [0.15, 0.2) is 47.3 Å². The van der Waals surface area contributed by atoms with Gasteiger partial charge in [-0.05, 0) is 42.0 Å². The van der Waals surface area contributed by atoms with Gasteiger partial charge in [0.05, 0.1) is 12.1 Å². The lowest BCUT2D eigenvalue weighted by atomic mass is 10.1. The first kappa shape index (κ1) is 21.6. The van der Waals surface area contributed by atoms with Gasteiger partial charge in [0, 0.05) is 25.2 Å².